The fourth-order valence-corrected chi connectivity index (χ4v) is 3.59. The third-order valence-electron chi connectivity index (χ3n) is 4.99. The molecule has 0 spiro atoms. The Hall–Kier alpha value is -3.64. The first-order chi connectivity index (χ1) is 14.9. The van der Waals surface area contributed by atoms with Crippen molar-refractivity contribution in [1.29, 1.82) is 0 Å². The summed E-state index contributed by atoms with van der Waals surface area (Å²) >= 11 is 6.22. The second kappa shape index (κ2) is 8.24. The van der Waals surface area contributed by atoms with E-state index in [0.717, 1.165) is 10.5 Å². The zero-order chi connectivity index (χ0) is 22.1. The number of amides is 2. The second-order valence-electron chi connectivity index (χ2n) is 6.94. The molecule has 3 aromatic rings. The average molecular weight is 437 g/mol. The maximum absolute atomic E-state index is 14.5. The molecule has 1 heterocycles. The number of hydrogen-bond acceptors (Lipinski definition) is 4. The lowest BCUT2D eigenvalue weighted by atomic mass is 10.0. The molecule has 156 valence electrons. The number of carbonyl (C=O) groups excluding carboxylic acids is 2. The molecule has 0 unspecified atom stereocenters. The number of methoxy groups -OCH3 is 1. The Labute approximate surface area is 183 Å². The minimum Gasteiger partial charge on any atom is -0.496 e. The monoisotopic (exact) mass is 436 g/mol. The minimum atomic E-state index is -0.678. The molecule has 0 fully saturated rings. The predicted molar refractivity (Wildman–Crippen MR) is 119 cm³/mol. The molecule has 1 aliphatic heterocycles. The van der Waals surface area contributed by atoms with Crippen molar-refractivity contribution < 1.29 is 18.7 Å². The number of hydrogen-bond donors (Lipinski definition) is 1. The molecule has 0 radical (unpaired) electrons. The van der Waals surface area contributed by atoms with Crippen molar-refractivity contribution >= 4 is 40.4 Å². The van der Waals surface area contributed by atoms with Gasteiger partial charge < -0.3 is 10.1 Å². The predicted octanol–water partition coefficient (Wildman–Crippen LogP) is 5.19. The normalized spacial score (nSPS) is 13.7. The molecule has 7 heteroatoms. The molecule has 1 N–H and O–H groups in total. The summed E-state index contributed by atoms with van der Waals surface area (Å²) < 4.78 is 19.9. The van der Waals surface area contributed by atoms with Gasteiger partial charge in [0.1, 0.15) is 17.3 Å². The smallest absolute Gasteiger partial charge is 0.282 e. The third-order valence-corrected chi connectivity index (χ3v) is 5.40. The Bertz CT molecular complexity index is 1240. The quantitative estimate of drug-likeness (QED) is 0.559. The number of benzene rings is 3. The van der Waals surface area contributed by atoms with E-state index in [2.05, 4.69) is 5.32 Å². The van der Waals surface area contributed by atoms with Gasteiger partial charge in [0.25, 0.3) is 11.8 Å². The molecular formula is C24H18ClFN2O3. The first-order valence-corrected chi connectivity index (χ1v) is 9.84. The molecule has 0 aromatic heterocycles. The molecule has 31 heavy (non-hydrogen) atoms. The van der Waals surface area contributed by atoms with Gasteiger partial charge in [-0.1, -0.05) is 48.0 Å². The summed E-state index contributed by atoms with van der Waals surface area (Å²) in [6.07, 6.45) is 0. The molecule has 0 aliphatic carbocycles. The van der Waals surface area contributed by atoms with Crippen LogP contribution in [0, 0.1) is 12.7 Å². The van der Waals surface area contributed by atoms with E-state index in [1.807, 2.05) is 6.92 Å². The van der Waals surface area contributed by atoms with Crippen LogP contribution in [0.2, 0.25) is 5.02 Å². The molecule has 0 saturated carbocycles. The topological polar surface area (TPSA) is 58.6 Å². The van der Waals surface area contributed by atoms with Crippen molar-refractivity contribution in [2.45, 2.75) is 6.92 Å². The Balaban J connectivity index is 1.88. The number of imide groups is 1. The van der Waals surface area contributed by atoms with Crippen LogP contribution in [0.15, 0.2) is 72.4 Å². The molecule has 3 aromatic carbocycles. The number of nitrogens with one attached hydrogen (secondary N) is 1. The number of rotatable bonds is 5. The third kappa shape index (κ3) is 3.66. The Morgan fingerprint density at radius 1 is 0.968 bits per heavy atom. The van der Waals surface area contributed by atoms with Crippen molar-refractivity contribution in [3.8, 4) is 5.75 Å². The molecule has 0 atom stereocenters. The zero-order valence-electron chi connectivity index (χ0n) is 16.8. The molecular weight excluding hydrogens is 419 g/mol. The zero-order valence-corrected chi connectivity index (χ0v) is 17.5. The van der Waals surface area contributed by atoms with Gasteiger partial charge in [0.15, 0.2) is 0 Å². The highest BCUT2D eigenvalue weighted by molar-refractivity contribution is 6.46. The summed E-state index contributed by atoms with van der Waals surface area (Å²) in [6.45, 7) is 1.86. The molecule has 0 saturated heterocycles. The lowest BCUT2D eigenvalue weighted by molar-refractivity contribution is -0.120. The van der Waals surface area contributed by atoms with Crippen LogP contribution in [-0.2, 0) is 9.59 Å². The summed E-state index contributed by atoms with van der Waals surface area (Å²) in [5, 5.41) is 3.52. The number of halogens is 2. The standard InChI is InChI=1S/C24H18ClFN2O3/c1-14-11-12-15(13-17(14)25)27-22-21(16-7-3-6-10-20(16)31-2)23(29)28(24(22)30)19-9-5-4-8-18(19)26/h3-13,27H,1-2H3. The van der Waals surface area contributed by atoms with Crippen LogP contribution < -0.4 is 15.0 Å². The average Bonchev–Trinajstić information content (AvgIpc) is 3.00. The van der Waals surface area contributed by atoms with E-state index in [1.165, 1.54) is 25.3 Å². The fourth-order valence-electron chi connectivity index (χ4n) is 3.41. The first kappa shape index (κ1) is 20.6. The highest BCUT2D eigenvalue weighted by atomic mass is 35.5. The molecule has 5 nitrogen and oxygen atoms in total. The number of aryl methyl sites for hydroxylation is 1. The molecule has 2 amide bonds. The lowest BCUT2D eigenvalue weighted by Gasteiger charge is -2.16. The first-order valence-electron chi connectivity index (χ1n) is 9.46. The van der Waals surface area contributed by atoms with Gasteiger partial charge in [0.2, 0.25) is 0 Å². The van der Waals surface area contributed by atoms with Crippen LogP contribution in [0.1, 0.15) is 11.1 Å². The van der Waals surface area contributed by atoms with Crippen molar-refractivity contribution in [3.63, 3.8) is 0 Å². The number of para-hydroxylation sites is 2. The molecule has 1 aliphatic rings. The van der Waals surface area contributed by atoms with E-state index in [4.69, 9.17) is 16.3 Å². The van der Waals surface area contributed by atoms with Gasteiger partial charge in [-0.15, -0.1) is 0 Å². The van der Waals surface area contributed by atoms with Crippen molar-refractivity contribution in [3.05, 3.63) is 94.4 Å². The Morgan fingerprint density at radius 2 is 1.68 bits per heavy atom. The minimum absolute atomic E-state index is 0.0117. The SMILES string of the molecule is COc1ccccc1C1=C(Nc2ccc(C)c(Cl)c2)C(=O)N(c2ccccc2F)C1=O. The highest BCUT2D eigenvalue weighted by Gasteiger charge is 2.42. The van der Waals surface area contributed by atoms with Crippen LogP contribution in [0.25, 0.3) is 5.57 Å². The van der Waals surface area contributed by atoms with Gasteiger partial charge in [-0.2, -0.15) is 0 Å². The summed E-state index contributed by atoms with van der Waals surface area (Å²) in [6, 6.07) is 17.7. The van der Waals surface area contributed by atoms with E-state index in [1.54, 1.807) is 48.5 Å². The van der Waals surface area contributed by atoms with Gasteiger partial charge in [0, 0.05) is 16.3 Å². The molecule has 0 bridgehead atoms. The van der Waals surface area contributed by atoms with Crippen LogP contribution in [-0.4, -0.2) is 18.9 Å². The maximum atomic E-state index is 14.5. The van der Waals surface area contributed by atoms with Crippen molar-refractivity contribution in [1.82, 2.24) is 0 Å². The van der Waals surface area contributed by atoms with Crippen LogP contribution >= 0.6 is 11.6 Å². The summed E-state index contributed by atoms with van der Waals surface area (Å²) in [4.78, 5) is 27.6. The van der Waals surface area contributed by atoms with Crippen molar-refractivity contribution in [2.24, 2.45) is 0 Å². The summed E-state index contributed by atoms with van der Waals surface area (Å²) in [7, 11) is 1.47. The van der Waals surface area contributed by atoms with E-state index in [-0.39, 0.29) is 17.0 Å². The Kier molecular flexibility index (Phi) is 5.48. The second-order valence-corrected chi connectivity index (χ2v) is 7.34. The van der Waals surface area contributed by atoms with Crippen LogP contribution in [0.3, 0.4) is 0 Å². The van der Waals surface area contributed by atoms with Crippen LogP contribution in [0.4, 0.5) is 15.8 Å². The van der Waals surface area contributed by atoms with E-state index >= 15 is 0 Å². The Morgan fingerprint density at radius 3 is 2.39 bits per heavy atom. The number of carbonyl (C=O) groups is 2. The van der Waals surface area contributed by atoms with Gasteiger partial charge >= 0.3 is 0 Å². The summed E-state index contributed by atoms with van der Waals surface area (Å²) in [5.41, 5.74) is 1.79. The van der Waals surface area contributed by atoms with E-state index in [0.29, 0.717) is 22.0 Å². The number of anilines is 2. The fraction of sp³-hybridized carbons (Fsp3) is 0.0833. The largest absolute Gasteiger partial charge is 0.496 e. The summed E-state index contributed by atoms with van der Waals surface area (Å²) in [5.74, 6) is -1.59. The van der Waals surface area contributed by atoms with E-state index in [9.17, 15) is 14.0 Å². The molecule has 4 rings (SSSR count). The van der Waals surface area contributed by atoms with Gasteiger partial charge in [-0.05, 0) is 42.8 Å². The van der Waals surface area contributed by atoms with Gasteiger partial charge in [-0.3, -0.25) is 9.59 Å². The lowest BCUT2D eigenvalue weighted by Crippen LogP contribution is -2.33. The van der Waals surface area contributed by atoms with Crippen molar-refractivity contribution in [2.75, 3.05) is 17.3 Å². The van der Waals surface area contributed by atoms with Gasteiger partial charge in [0.05, 0.1) is 18.4 Å². The van der Waals surface area contributed by atoms with E-state index < -0.39 is 17.6 Å². The number of nitrogens with zero attached hydrogens (tertiary/aromatic N) is 1. The van der Waals surface area contributed by atoms with Gasteiger partial charge in [-0.25, -0.2) is 9.29 Å². The number of ether oxygens (including phenoxy) is 1. The maximum Gasteiger partial charge on any atom is 0.282 e. The van der Waals surface area contributed by atoms with Crippen LogP contribution in [0.5, 0.6) is 5.75 Å². The highest BCUT2D eigenvalue weighted by Crippen LogP contribution is 2.38.